The summed E-state index contributed by atoms with van der Waals surface area (Å²) in [5.74, 6) is 0. The first-order valence-electron chi connectivity index (χ1n) is 6.94. The topological polar surface area (TPSA) is 73.2 Å². The van der Waals surface area contributed by atoms with Crippen molar-refractivity contribution in [1.29, 1.82) is 5.26 Å². The number of piperidine rings is 1. The number of rotatable bonds is 3. The number of nitrogens with one attached hydrogen (secondary N) is 1. The van der Waals surface area contributed by atoms with E-state index in [2.05, 4.69) is 4.72 Å². The van der Waals surface area contributed by atoms with E-state index in [0.717, 1.165) is 18.4 Å². The zero-order valence-electron chi connectivity index (χ0n) is 12.4. The van der Waals surface area contributed by atoms with Crippen LogP contribution in [0.15, 0.2) is 18.2 Å². The van der Waals surface area contributed by atoms with Gasteiger partial charge in [0.05, 0.1) is 23.5 Å². The van der Waals surface area contributed by atoms with Crippen molar-refractivity contribution in [3.63, 3.8) is 0 Å². The first kappa shape index (κ1) is 17.6. The molecule has 0 aromatic heterocycles. The van der Waals surface area contributed by atoms with E-state index in [9.17, 15) is 21.6 Å². The molecule has 1 heterocycles. The molecular formula is C14H16F3N3O2S. The fourth-order valence-electron chi connectivity index (χ4n) is 2.67. The van der Waals surface area contributed by atoms with Crippen LogP contribution >= 0.6 is 0 Å². The van der Waals surface area contributed by atoms with Gasteiger partial charge in [-0.05, 0) is 31.0 Å². The van der Waals surface area contributed by atoms with Crippen LogP contribution < -0.4 is 9.62 Å². The minimum Gasteiger partial charge on any atom is -0.370 e. The molecule has 0 bridgehead atoms. The van der Waals surface area contributed by atoms with E-state index >= 15 is 0 Å². The van der Waals surface area contributed by atoms with Gasteiger partial charge in [-0.1, -0.05) is 0 Å². The maximum atomic E-state index is 13.0. The zero-order chi connectivity index (χ0) is 17.3. The normalized spacial score (nSPS) is 19.4. The molecule has 1 saturated heterocycles. The Morgan fingerprint density at radius 2 is 2.09 bits per heavy atom. The minimum absolute atomic E-state index is 0.288. The molecule has 1 aromatic rings. The molecule has 0 saturated carbocycles. The van der Waals surface area contributed by atoms with Gasteiger partial charge in [0.25, 0.3) is 0 Å². The minimum atomic E-state index is -4.61. The summed E-state index contributed by atoms with van der Waals surface area (Å²) in [6.07, 6.45) is -2.27. The summed E-state index contributed by atoms with van der Waals surface area (Å²) < 4.78 is 64.1. The van der Waals surface area contributed by atoms with Crippen LogP contribution in [0.2, 0.25) is 0 Å². The zero-order valence-corrected chi connectivity index (χ0v) is 13.2. The van der Waals surface area contributed by atoms with Crippen molar-refractivity contribution in [2.24, 2.45) is 0 Å². The maximum absolute atomic E-state index is 13.0. The van der Waals surface area contributed by atoms with Crippen molar-refractivity contribution in [3.8, 4) is 6.07 Å². The van der Waals surface area contributed by atoms with Gasteiger partial charge in [-0.25, -0.2) is 13.1 Å². The number of hydrogen-bond acceptors (Lipinski definition) is 4. The third kappa shape index (κ3) is 4.59. The molecule has 0 aliphatic carbocycles. The molecule has 0 spiro atoms. The molecule has 1 aliphatic heterocycles. The molecule has 0 amide bonds. The highest BCUT2D eigenvalue weighted by Gasteiger charge is 2.34. The summed E-state index contributed by atoms with van der Waals surface area (Å²) in [6, 6.07) is 4.74. The summed E-state index contributed by atoms with van der Waals surface area (Å²) in [6.45, 7) is 0.821. The van der Waals surface area contributed by atoms with E-state index in [1.165, 1.54) is 6.07 Å². The van der Waals surface area contributed by atoms with Crippen LogP contribution in [0.4, 0.5) is 18.9 Å². The monoisotopic (exact) mass is 347 g/mol. The lowest BCUT2D eigenvalue weighted by Gasteiger charge is -2.34. The second-order valence-corrected chi connectivity index (χ2v) is 7.29. The standard InChI is InChI=1S/C14H16F3N3O2S/c1-23(21,22)19-11-3-2-6-20(9-11)12-5-4-10(8-18)13(7-12)14(15,16)17/h4-5,7,11,19H,2-3,6,9H2,1H3/t11-/m1/s1. The molecule has 1 N–H and O–H groups in total. The Kier molecular flexibility index (Phi) is 4.87. The Morgan fingerprint density at radius 1 is 1.39 bits per heavy atom. The average molecular weight is 347 g/mol. The molecule has 1 aliphatic rings. The maximum Gasteiger partial charge on any atom is 0.417 e. The lowest BCUT2D eigenvalue weighted by Crippen LogP contribution is -2.47. The first-order valence-corrected chi connectivity index (χ1v) is 8.83. The van der Waals surface area contributed by atoms with E-state index < -0.39 is 27.3 Å². The van der Waals surface area contributed by atoms with Crippen LogP contribution in [0, 0.1) is 11.3 Å². The summed E-state index contributed by atoms with van der Waals surface area (Å²) >= 11 is 0. The fraction of sp³-hybridized carbons (Fsp3) is 0.500. The van der Waals surface area contributed by atoms with Gasteiger partial charge >= 0.3 is 6.18 Å². The third-order valence-electron chi connectivity index (χ3n) is 3.60. The second-order valence-electron chi connectivity index (χ2n) is 5.51. The molecule has 23 heavy (non-hydrogen) atoms. The number of halogens is 3. The smallest absolute Gasteiger partial charge is 0.370 e. The third-order valence-corrected chi connectivity index (χ3v) is 4.36. The largest absolute Gasteiger partial charge is 0.417 e. The van der Waals surface area contributed by atoms with E-state index in [1.54, 1.807) is 11.0 Å². The van der Waals surface area contributed by atoms with Crippen molar-refractivity contribution >= 4 is 15.7 Å². The molecule has 9 heteroatoms. The van der Waals surface area contributed by atoms with Crippen molar-refractivity contribution in [2.75, 3.05) is 24.2 Å². The van der Waals surface area contributed by atoms with E-state index in [4.69, 9.17) is 5.26 Å². The summed E-state index contributed by atoms with van der Waals surface area (Å²) in [5.41, 5.74) is -1.07. The van der Waals surface area contributed by atoms with Crippen molar-refractivity contribution in [2.45, 2.75) is 25.1 Å². The molecule has 0 radical (unpaired) electrons. The van der Waals surface area contributed by atoms with Gasteiger partial charge in [0.2, 0.25) is 10.0 Å². The lowest BCUT2D eigenvalue weighted by atomic mass is 10.0. The highest BCUT2D eigenvalue weighted by molar-refractivity contribution is 7.88. The molecule has 126 valence electrons. The van der Waals surface area contributed by atoms with Gasteiger partial charge in [-0.3, -0.25) is 0 Å². The van der Waals surface area contributed by atoms with E-state index in [1.807, 2.05) is 0 Å². The second kappa shape index (κ2) is 6.37. The Balaban J connectivity index is 2.26. The Morgan fingerprint density at radius 3 is 2.65 bits per heavy atom. The van der Waals surface area contributed by atoms with Crippen LogP contribution in [-0.4, -0.2) is 33.8 Å². The van der Waals surface area contributed by atoms with E-state index in [0.29, 0.717) is 25.1 Å². The first-order chi connectivity index (χ1) is 10.6. The van der Waals surface area contributed by atoms with Crippen LogP contribution in [0.5, 0.6) is 0 Å². The van der Waals surface area contributed by atoms with Gasteiger partial charge in [0.15, 0.2) is 0 Å². The van der Waals surface area contributed by atoms with Crippen molar-refractivity contribution in [1.82, 2.24) is 4.72 Å². The van der Waals surface area contributed by atoms with Crippen LogP contribution in [0.1, 0.15) is 24.0 Å². The number of anilines is 1. The predicted molar refractivity (Wildman–Crippen MR) is 79.4 cm³/mol. The van der Waals surface area contributed by atoms with Crippen molar-refractivity contribution < 1.29 is 21.6 Å². The number of benzene rings is 1. The Labute approximate surface area is 132 Å². The predicted octanol–water partition coefficient (Wildman–Crippen LogP) is 2.10. The fourth-order valence-corrected chi connectivity index (χ4v) is 3.47. The molecule has 1 aromatic carbocycles. The SMILES string of the molecule is CS(=O)(=O)N[C@@H]1CCCN(c2ccc(C#N)c(C(F)(F)F)c2)C1. The van der Waals surface area contributed by atoms with E-state index in [-0.39, 0.29) is 12.6 Å². The van der Waals surface area contributed by atoms with Gasteiger partial charge in [0, 0.05) is 24.8 Å². The number of alkyl halides is 3. The number of nitrogens with zero attached hydrogens (tertiary/aromatic N) is 2. The molecule has 0 unspecified atom stereocenters. The summed E-state index contributed by atoms with van der Waals surface area (Å²) in [4.78, 5) is 1.70. The number of sulfonamides is 1. The van der Waals surface area contributed by atoms with Crippen LogP contribution in [0.25, 0.3) is 0 Å². The van der Waals surface area contributed by atoms with Gasteiger partial charge < -0.3 is 4.90 Å². The van der Waals surface area contributed by atoms with Gasteiger partial charge in [0.1, 0.15) is 0 Å². The molecular weight excluding hydrogens is 331 g/mol. The highest BCUT2D eigenvalue weighted by atomic mass is 32.2. The summed E-state index contributed by atoms with van der Waals surface area (Å²) in [5, 5.41) is 8.81. The molecule has 1 fully saturated rings. The van der Waals surface area contributed by atoms with Crippen LogP contribution in [-0.2, 0) is 16.2 Å². The number of hydrogen-bond donors (Lipinski definition) is 1. The van der Waals surface area contributed by atoms with Crippen molar-refractivity contribution in [3.05, 3.63) is 29.3 Å². The number of nitriles is 1. The van der Waals surface area contributed by atoms with Crippen LogP contribution in [0.3, 0.4) is 0 Å². The molecule has 1 atom stereocenters. The Bertz CT molecular complexity index is 726. The molecule has 2 rings (SSSR count). The Hall–Kier alpha value is -1.79. The highest BCUT2D eigenvalue weighted by Crippen LogP contribution is 2.35. The summed E-state index contributed by atoms with van der Waals surface area (Å²) in [7, 11) is -3.37. The molecule has 5 nitrogen and oxygen atoms in total. The quantitative estimate of drug-likeness (QED) is 0.909. The van der Waals surface area contributed by atoms with Gasteiger partial charge in [-0.15, -0.1) is 0 Å². The van der Waals surface area contributed by atoms with Gasteiger partial charge in [-0.2, -0.15) is 18.4 Å². The lowest BCUT2D eigenvalue weighted by molar-refractivity contribution is -0.137. The average Bonchev–Trinajstić information content (AvgIpc) is 2.44.